The third-order valence-corrected chi connectivity index (χ3v) is 3.27. The zero-order valence-electron chi connectivity index (χ0n) is 9.79. The molecule has 1 aliphatic rings. The quantitative estimate of drug-likeness (QED) is 0.856. The number of ether oxygens (including phenoxy) is 1. The molecule has 0 bridgehead atoms. The van der Waals surface area contributed by atoms with Gasteiger partial charge in [-0.3, -0.25) is 0 Å². The van der Waals surface area contributed by atoms with Crippen LogP contribution in [0.15, 0.2) is 18.2 Å². The minimum Gasteiger partial charge on any atom is -0.371 e. The van der Waals surface area contributed by atoms with E-state index in [9.17, 15) is 0 Å². The van der Waals surface area contributed by atoms with Gasteiger partial charge in [-0.15, -0.1) is 0 Å². The molecule has 0 radical (unpaired) electrons. The molecule has 1 N–H and O–H groups in total. The summed E-state index contributed by atoms with van der Waals surface area (Å²) in [6.45, 7) is 6.89. The van der Waals surface area contributed by atoms with Crippen LogP contribution in [-0.2, 0) is 4.74 Å². The Hall–Kier alpha value is -0.570. The van der Waals surface area contributed by atoms with Gasteiger partial charge in [-0.05, 0) is 23.1 Å². The standard InChI is InChI=1S/C13H18ClNO/c1-9(2)11-4-3-10(7-12(11)14)13-8-15-5-6-16-13/h3-4,7,9,13,15H,5-6,8H2,1-2H3. The SMILES string of the molecule is CC(C)c1ccc(C2CNCCO2)cc1Cl. The van der Waals surface area contributed by atoms with E-state index >= 15 is 0 Å². The van der Waals surface area contributed by atoms with Crippen molar-refractivity contribution in [1.29, 1.82) is 0 Å². The third kappa shape index (κ3) is 2.57. The maximum Gasteiger partial charge on any atom is 0.0950 e. The summed E-state index contributed by atoms with van der Waals surface area (Å²) in [5, 5.41) is 4.17. The monoisotopic (exact) mass is 239 g/mol. The summed E-state index contributed by atoms with van der Waals surface area (Å²) in [5.41, 5.74) is 2.37. The van der Waals surface area contributed by atoms with Crippen LogP contribution in [0.2, 0.25) is 5.02 Å². The first kappa shape index (κ1) is 11.9. The summed E-state index contributed by atoms with van der Waals surface area (Å²) in [5.74, 6) is 0.465. The molecular formula is C13H18ClNO. The molecule has 0 amide bonds. The van der Waals surface area contributed by atoms with Crippen LogP contribution in [-0.4, -0.2) is 19.7 Å². The van der Waals surface area contributed by atoms with E-state index in [-0.39, 0.29) is 6.10 Å². The van der Waals surface area contributed by atoms with Crippen LogP contribution in [0.1, 0.15) is 37.0 Å². The van der Waals surface area contributed by atoms with Gasteiger partial charge < -0.3 is 10.1 Å². The summed E-state index contributed by atoms with van der Waals surface area (Å²) >= 11 is 6.27. The molecule has 2 rings (SSSR count). The molecule has 0 spiro atoms. The summed E-state index contributed by atoms with van der Waals surface area (Å²) in [6, 6.07) is 6.27. The van der Waals surface area contributed by atoms with Crippen molar-refractivity contribution in [1.82, 2.24) is 5.32 Å². The van der Waals surface area contributed by atoms with E-state index < -0.39 is 0 Å². The highest BCUT2D eigenvalue weighted by Gasteiger charge is 2.17. The molecule has 16 heavy (non-hydrogen) atoms. The van der Waals surface area contributed by atoms with Gasteiger partial charge in [0.2, 0.25) is 0 Å². The molecule has 0 aromatic heterocycles. The molecule has 1 aromatic rings. The smallest absolute Gasteiger partial charge is 0.0950 e. The van der Waals surface area contributed by atoms with Crippen molar-refractivity contribution in [2.75, 3.05) is 19.7 Å². The first-order valence-electron chi connectivity index (χ1n) is 5.80. The number of halogens is 1. The zero-order valence-corrected chi connectivity index (χ0v) is 10.6. The Morgan fingerprint density at radius 3 is 2.81 bits per heavy atom. The molecule has 0 aliphatic carbocycles. The Morgan fingerprint density at radius 1 is 1.44 bits per heavy atom. The second kappa shape index (κ2) is 5.17. The van der Waals surface area contributed by atoms with E-state index in [1.807, 2.05) is 6.07 Å². The highest BCUT2D eigenvalue weighted by atomic mass is 35.5. The molecule has 2 nitrogen and oxygen atoms in total. The second-order valence-electron chi connectivity index (χ2n) is 4.50. The van der Waals surface area contributed by atoms with Crippen LogP contribution in [0.3, 0.4) is 0 Å². The van der Waals surface area contributed by atoms with Crippen molar-refractivity contribution < 1.29 is 4.74 Å². The molecule has 1 fully saturated rings. The minimum absolute atomic E-state index is 0.146. The van der Waals surface area contributed by atoms with Gasteiger partial charge in [-0.25, -0.2) is 0 Å². The first-order valence-corrected chi connectivity index (χ1v) is 6.18. The highest BCUT2D eigenvalue weighted by Crippen LogP contribution is 2.28. The van der Waals surface area contributed by atoms with E-state index in [1.165, 1.54) is 11.1 Å². The van der Waals surface area contributed by atoms with Crippen molar-refractivity contribution in [3.8, 4) is 0 Å². The molecule has 3 heteroatoms. The molecule has 88 valence electrons. The molecule has 1 saturated heterocycles. The minimum atomic E-state index is 0.146. The molecule has 1 atom stereocenters. The topological polar surface area (TPSA) is 21.3 Å². The molecule has 0 saturated carbocycles. The number of benzene rings is 1. The lowest BCUT2D eigenvalue weighted by Gasteiger charge is -2.24. The predicted molar refractivity (Wildman–Crippen MR) is 67.1 cm³/mol. The Bertz CT molecular complexity index is 359. The number of rotatable bonds is 2. The van der Waals surface area contributed by atoms with Crippen LogP contribution in [0.25, 0.3) is 0 Å². The van der Waals surface area contributed by atoms with Crippen LogP contribution >= 0.6 is 11.6 Å². The fourth-order valence-corrected chi connectivity index (χ4v) is 2.40. The Balaban J connectivity index is 2.19. The van der Waals surface area contributed by atoms with Crippen LogP contribution < -0.4 is 5.32 Å². The lowest BCUT2D eigenvalue weighted by atomic mass is 9.99. The van der Waals surface area contributed by atoms with Crippen molar-refractivity contribution in [3.05, 3.63) is 34.3 Å². The maximum atomic E-state index is 6.27. The second-order valence-corrected chi connectivity index (χ2v) is 4.91. The van der Waals surface area contributed by atoms with Gasteiger partial charge in [0.25, 0.3) is 0 Å². The average Bonchev–Trinajstić information content (AvgIpc) is 2.29. The molecular weight excluding hydrogens is 222 g/mol. The van der Waals surface area contributed by atoms with Gasteiger partial charge in [-0.2, -0.15) is 0 Å². The van der Waals surface area contributed by atoms with Crippen molar-refractivity contribution in [2.24, 2.45) is 0 Å². The number of morpholine rings is 1. The van der Waals surface area contributed by atoms with Gasteiger partial charge in [-0.1, -0.05) is 37.6 Å². The average molecular weight is 240 g/mol. The molecule has 1 aliphatic heterocycles. The van der Waals surface area contributed by atoms with E-state index in [0.717, 1.165) is 24.7 Å². The first-order chi connectivity index (χ1) is 7.68. The fraction of sp³-hybridized carbons (Fsp3) is 0.538. The summed E-state index contributed by atoms with van der Waals surface area (Å²) in [4.78, 5) is 0. The summed E-state index contributed by atoms with van der Waals surface area (Å²) in [6.07, 6.45) is 0.146. The third-order valence-electron chi connectivity index (χ3n) is 2.95. The Labute approximate surface area is 102 Å². The van der Waals surface area contributed by atoms with Gasteiger partial charge in [0.1, 0.15) is 0 Å². The van der Waals surface area contributed by atoms with Crippen molar-refractivity contribution in [3.63, 3.8) is 0 Å². The Morgan fingerprint density at radius 2 is 2.25 bits per heavy atom. The van der Waals surface area contributed by atoms with Crippen LogP contribution in [0.5, 0.6) is 0 Å². The maximum absolute atomic E-state index is 6.27. The van der Waals surface area contributed by atoms with E-state index in [1.54, 1.807) is 0 Å². The van der Waals surface area contributed by atoms with Gasteiger partial charge in [0, 0.05) is 18.1 Å². The lowest BCUT2D eigenvalue weighted by molar-refractivity contribution is 0.0277. The van der Waals surface area contributed by atoms with Crippen LogP contribution in [0.4, 0.5) is 0 Å². The zero-order chi connectivity index (χ0) is 11.5. The molecule has 1 unspecified atom stereocenters. The number of nitrogens with one attached hydrogen (secondary N) is 1. The summed E-state index contributed by atoms with van der Waals surface area (Å²) < 4.78 is 5.70. The highest BCUT2D eigenvalue weighted by molar-refractivity contribution is 6.31. The number of hydrogen-bond acceptors (Lipinski definition) is 2. The predicted octanol–water partition coefficient (Wildman–Crippen LogP) is 3.12. The Kier molecular flexibility index (Phi) is 3.85. The molecule has 1 aromatic carbocycles. The normalized spacial score (nSPS) is 21.4. The van der Waals surface area contributed by atoms with Gasteiger partial charge in [0.05, 0.1) is 12.7 Å². The molecule has 1 heterocycles. The largest absolute Gasteiger partial charge is 0.371 e. The van der Waals surface area contributed by atoms with E-state index in [4.69, 9.17) is 16.3 Å². The van der Waals surface area contributed by atoms with E-state index in [2.05, 4.69) is 31.3 Å². The fourth-order valence-electron chi connectivity index (χ4n) is 1.99. The van der Waals surface area contributed by atoms with Crippen molar-refractivity contribution in [2.45, 2.75) is 25.9 Å². The van der Waals surface area contributed by atoms with Gasteiger partial charge in [0.15, 0.2) is 0 Å². The number of hydrogen-bond donors (Lipinski definition) is 1. The lowest BCUT2D eigenvalue weighted by Crippen LogP contribution is -2.33. The van der Waals surface area contributed by atoms with Crippen LogP contribution in [0, 0.1) is 0 Å². The van der Waals surface area contributed by atoms with Crippen molar-refractivity contribution >= 4 is 11.6 Å². The van der Waals surface area contributed by atoms with Gasteiger partial charge >= 0.3 is 0 Å². The van der Waals surface area contributed by atoms with E-state index in [0.29, 0.717) is 5.92 Å². The summed E-state index contributed by atoms with van der Waals surface area (Å²) in [7, 11) is 0.